The van der Waals surface area contributed by atoms with Crippen LogP contribution in [0.1, 0.15) is 11.1 Å². The van der Waals surface area contributed by atoms with Gasteiger partial charge in [0.25, 0.3) is 0 Å². The zero-order valence-electron chi connectivity index (χ0n) is 7.11. The molecule has 0 aliphatic carbocycles. The number of aryl methyl sites for hydroxylation is 1. The normalized spacial score (nSPS) is 9.67. The highest BCUT2D eigenvalue weighted by Gasteiger charge is 2.12. The molecule has 0 aromatic heterocycles. The highest BCUT2D eigenvalue weighted by Crippen LogP contribution is 2.20. The Balaban J connectivity index is 2.92. The lowest BCUT2D eigenvalue weighted by atomic mass is 10.1. The molecule has 0 bridgehead atoms. The minimum absolute atomic E-state index is 0.505. The molecule has 0 spiro atoms. The summed E-state index contributed by atoms with van der Waals surface area (Å²) in [6.07, 6.45) is 0. The van der Waals surface area contributed by atoms with Crippen LogP contribution < -0.4 is 4.65 Å². The molecule has 0 aliphatic heterocycles. The third-order valence-electron chi connectivity index (χ3n) is 1.79. The largest absolute Gasteiger partial charge is 0.707 e. The summed E-state index contributed by atoms with van der Waals surface area (Å²) in [5, 5.41) is 17.1. The second-order valence-electron chi connectivity index (χ2n) is 2.64. The second kappa shape index (κ2) is 3.60. The molecule has 4 heteroatoms. The first kappa shape index (κ1) is 9.10. The quantitative estimate of drug-likeness (QED) is 0.634. The summed E-state index contributed by atoms with van der Waals surface area (Å²) >= 11 is 0. The molecule has 0 radical (unpaired) electrons. The van der Waals surface area contributed by atoms with E-state index in [1.165, 1.54) is 0 Å². The van der Waals surface area contributed by atoms with Crippen molar-refractivity contribution in [2.75, 3.05) is 0 Å². The molecule has 0 unspecified atom stereocenters. The molecule has 0 atom stereocenters. The lowest BCUT2D eigenvalue weighted by Gasteiger charge is -2.09. The maximum Gasteiger partial charge on any atom is 0.707 e. The van der Waals surface area contributed by atoms with E-state index < -0.39 is 7.32 Å². The fourth-order valence-electron chi connectivity index (χ4n) is 0.965. The molecule has 0 heterocycles. The van der Waals surface area contributed by atoms with E-state index in [0.717, 1.165) is 11.1 Å². The number of rotatable bonds is 2. The summed E-state index contributed by atoms with van der Waals surface area (Å²) in [4.78, 5) is 0. The molecule has 0 saturated carbocycles. The van der Waals surface area contributed by atoms with Crippen LogP contribution in [0.15, 0.2) is 18.2 Å². The van der Waals surface area contributed by atoms with Crippen LogP contribution in [0.2, 0.25) is 0 Å². The minimum atomic E-state index is -1.74. The monoisotopic (exact) mass is 166 g/mol. The van der Waals surface area contributed by atoms with Crippen molar-refractivity contribution in [1.29, 1.82) is 0 Å². The van der Waals surface area contributed by atoms with E-state index in [2.05, 4.69) is 0 Å². The van der Waals surface area contributed by atoms with Crippen LogP contribution in [0.4, 0.5) is 0 Å². The summed E-state index contributed by atoms with van der Waals surface area (Å²) in [5.74, 6) is 0.505. The van der Waals surface area contributed by atoms with E-state index in [-0.39, 0.29) is 0 Å². The SMILES string of the molecule is Cc1cccc(OB(O)O)c1C. The van der Waals surface area contributed by atoms with Crippen LogP contribution in [-0.2, 0) is 0 Å². The van der Waals surface area contributed by atoms with Crippen molar-refractivity contribution in [2.45, 2.75) is 13.8 Å². The summed E-state index contributed by atoms with van der Waals surface area (Å²) in [6.45, 7) is 3.80. The van der Waals surface area contributed by atoms with Crippen LogP contribution in [0, 0.1) is 13.8 Å². The van der Waals surface area contributed by atoms with Crippen LogP contribution in [0.25, 0.3) is 0 Å². The van der Waals surface area contributed by atoms with E-state index in [1.807, 2.05) is 19.9 Å². The molecule has 12 heavy (non-hydrogen) atoms. The van der Waals surface area contributed by atoms with Crippen molar-refractivity contribution in [3.63, 3.8) is 0 Å². The predicted molar refractivity (Wildman–Crippen MR) is 46.7 cm³/mol. The first-order chi connectivity index (χ1) is 5.61. The molecule has 0 aliphatic rings. The Morgan fingerprint density at radius 2 is 1.92 bits per heavy atom. The predicted octanol–water partition coefficient (Wildman–Crippen LogP) is 0.652. The maximum atomic E-state index is 8.55. The molecule has 1 rings (SSSR count). The smallest absolute Gasteiger partial charge is 0.512 e. The van der Waals surface area contributed by atoms with Crippen LogP contribution in [-0.4, -0.2) is 17.4 Å². The summed E-state index contributed by atoms with van der Waals surface area (Å²) in [7, 11) is -1.74. The molecule has 64 valence electrons. The van der Waals surface area contributed by atoms with E-state index in [9.17, 15) is 0 Å². The minimum Gasteiger partial charge on any atom is -0.512 e. The Labute approximate surface area is 71.8 Å². The highest BCUT2D eigenvalue weighted by molar-refractivity contribution is 6.33. The molecular weight excluding hydrogens is 155 g/mol. The van der Waals surface area contributed by atoms with Crippen molar-refractivity contribution < 1.29 is 14.7 Å². The van der Waals surface area contributed by atoms with Crippen LogP contribution in [0.3, 0.4) is 0 Å². The third kappa shape index (κ3) is 2.00. The van der Waals surface area contributed by atoms with Crippen molar-refractivity contribution in [2.24, 2.45) is 0 Å². The van der Waals surface area contributed by atoms with Gasteiger partial charge in [-0.05, 0) is 31.0 Å². The molecule has 1 aromatic carbocycles. The van der Waals surface area contributed by atoms with Gasteiger partial charge in [0.1, 0.15) is 5.75 Å². The third-order valence-corrected chi connectivity index (χ3v) is 1.79. The van der Waals surface area contributed by atoms with E-state index >= 15 is 0 Å². The molecule has 0 amide bonds. The van der Waals surface area contributed by atoms with Gasteiger partial charge in [-0.2, -0.15) is 0 Å². The number of hydrogen-bond donors (Lipinski definition) is 2. The van der Waals surface area contributed by atoms with Crippen LogP contribution in [0.5, 0.6) is 5.75 Å². The lowest BCUT2D eigenvalue weighted by Crippen LogP contribution is -2.21. The van der Waals surface area contributed by atoms with E-state index in [0.29, 0.717) is 5.75 Å². The average molecular weight is 166 g/mol. The lowest BCUT2D eigenvalue weighted by molar-refractivity contribution is 0.287. The fourth-order valence-corrected chi connectivity index (χ4v) is 0.965. The molecule has 0 saturated heterocycles. The van der Waals surface area contributed by atoms with Crippen LogP contribution >= 0.6 is 0 Å². The standard InChI is InChI=1S/C8H11BO3/c1-6-4-3-5-8(7(6)2)12-9(10)11/h3-5,10-11H,1-2H3. The molecule has 1 aromatic rings. The van der Waals surface area contributed by atoms with Crippen molar-refractivity contribution in [1.82, 2.24) is 0 Å². The van der Waals surface area contributed by atoms with Gasteiger partial charge in [0.15, 0.2) is 0 Å². The van der Waals surface area contributed by atoms with Gasteiger partial charge < -0.3 is 14.7 Å². The Kier molecular flexibility index (Phi) is 2.73. The fraction of sp³-hybridized carbons (Fsp3) is 0.250. The van der Waals surface area contributed by atoms with Gasteiger partial charge in [0, 0.05) is 0 Å². The first-order valence-corrected chi connectivity index (χ1v) is 3.70. The average Bonchev–Trinajstić information content (AvgIpc) is 1.98. The summed E-state index contributed by atoms with van der Waals surface area (Å²) in [6, 6.07) is 5.44. The zero-order chi connectivity index (χ0) is 9.14. The maximum absolute atomic E-state index is 8.55. The summed E-state index contributed by atoms with van der Waals surface area (Å²) in [5.41, 5.74) is 1.98. The highest BCUT2D eigenvalue weighted by atomic mass is 16.6. The second-order valence-corrected chi connectivity index (χ2v) is 2.64. The molecule has 3 nitrogen and oxygen atoms in total. The van der Waals surface area contributed by atoms with Gasteiger partial charge in [0.05, 0.1) is 0 Å². The van der Waals surface area contributed by atoms with Crippen molar-refractivity contribution >= 4 is 7.32 Å². The van der Waals surface area contributed by atoms with Crippen molar-refractivity contribution in [3.8, 4) is 5.75 Å². The molecular formula is C8H11BO3. The Bertz CT molecular complexity index is 273. The number of benzene rings is 1. The summed E-state index contributed by atoms with van der Waals surface area (Å²) < 4.78 is 4.74. The van der Waals surface area contributed by atoms with Gasteiger partial charge in [-0.15, -0.1) is 0 Å². The Hall–Kier alpha value is -0.995. The first-order valence-electron chi connectivity index (χ1n) is 3.70. The van der Waals surface area contributed by atoms with E-state index in [4.69, 9.17) is 14.7 Å². The van der Waals surface area contributed by atoms with Gasteiger partial charge >= 0.3 is 7.32 Å². The van der Waals surface area contributed by atoms with Gasteiger partial charge in [-0.25, -0.2) is 0 Å². The molecule has 2 N–H and O–H groups in total. The topological polar surface area (TPSA) is 49.7 Å². The zero-order valence-corrected chi connectivity index (χ0v) is 7.11. The van der Waals surface area contributed by atoms with Gasteiger partial charge in [-0.3, -0.25) is 0 Å². The molecule has 0 fully saturated rings. The van der Waals surface area contributed by atoms with E-state index in [1.54, 1.807) is 12.1 Å². The van der Waals surface area contributed by atoms with Gasteiger partial charge in [0.2, 0.25) is 0 Å². The van der Waals surface area contributed by atoms with Gasteiger partial charge in [-0.1, -0.05) is 12.1 Å². The van der Waals surface area contributed by atoms with Crippen molar-refractivity contribution in [3.05, 3.63) is 29.3 Å². The Morgan fingerprint density at radius 3 is 2.50 bits per heavy atom. The number of hydrogen-bond acceptors (Lipinski definition) is 3. The Morgan fingerprint density at radius 1 is 1.25 bits per heavy atom.